The van der Waals surface area contributed by atoms with Gasteiger partial charge in [0.1, 0.15) is 11.9 Å². The van der Waals surface area contributed by atoms with Crippen LogP contribution in [-0.4, -0.2) is 11.6 Å². The van der Waals surface area contributed by atoms with Crippen LogP contribution in [0.25, 0.3) is 0 Å². The van der Waals surface area contributed by atoms with E-state index in [4.69, 9.17) is 25.8 Å². The van der Waals surface area contributed by atoms with Gasteiger partial charge in [0, 0.05) is 11.2 Å². The maximum absolute atomic E-state index is 6.07. The Kier molecular flexibility index (Phi) is 4.65. The fourth-order valence-electron chi connectivity index (χ4n) is 2.72. The van der Waals surface area contributed by atoms with Crippen molar-refractivity contribution in [3.8, 4) is 11.6 Å². The van der Waals surface area contributed by atoms with Crippen molar-refractivity contribution in [2.75, 3.05) is 6.61 Å². The highest BCUT2D eigenvalue weighted by Crippen LogP contribution is 2.39. The number of nitrogens with zero attached hydrogens (tertiary/aromatic N) is 1. The highest BCUT2D eigenvalue weighted by atomic mass is 35.5. The molecule has 0 spiro atoms. The molecule has 1 saturated heterocycles. The van der Waals surface area contributed by atoms with Gasteiger partial charge in [-0.1, -0.05) is 48.0 Å². The van der Waals surface area contributed by atoms with Crippen molar-refractivity contribution >= 4 is 11.6 Å². The first-order chi connectivity index (χ1) is 12.3. The molecule has 0 saturated carbocycles. The van der Waals surface area contributed by atoms with Crippen molar-refractivity contribution in [3.05, 3.63) is 89.1 Å². The number of benzene rings is 2. The lowest BCUT2D eigenvalue weighted by Crippen LogP contribution is -2.03. The normalized spacial score (nSPS) is 19.7. The van der Waals surface area contributed by atoms with Crippen molar-refractivity contribution in [1.29, 1.82) is 0 Å². The van der Waals surface area contributed by atoms with Crippen molar-refractivity contribution < 1.29 is 14.2 Å². The van der Waals surface area contributed by atoms with Gasteiger partial charge in [-0.05, 0) is 35.9 Å². The minimum atomic E-state index is -0.520. The zero-order chi connectivity index (χ0) is 17.1. The Bertz CT molecular complexity index is 856. The van der Waals surface area contributed by atoms with Crippen LogP contribution in [0.3, 0.4) is 0 Å². The van der Waals surface area contributed by atoms with Crippen LogP contribution in [0, 0.1) is 0 Å². The molecule has 126 valence electrons. The first-order valence-electron chi connectivity index (χ1n) is 8.00. The SMILES string of the molecule is Clc1cccc(Oc2ncccc2[C@H]2OC[C@H](c3ccccc3)O2)c1. The number of aromatic nitrogens is 1. The van der Waals surface area contributed by atoms with Crippen LogP contribution < -0.4 is 4.74 Å². The van der Waals surface area contributed by atoms with Crippen LogP contribution >= 0.6 is 11.6 Å². The average molecular weight is 354 g/mol. The zero-order valence-corrected chi connectivity index (χ0v) is 14.1. The molecular formula is C20H16ClNO3. The summed E-state index contributed by atoms with van der Waals surface area (Å²) in [4.78, 5) is 4.32. The molecule has 1 aromatic heterocycles. The van der Waals surface area contributed by atoms with Gasteiger partial charge in [-0.2, -0.15) is 0 Å². The molecule has 0 amide bonds. The Labute approximate surface area is 150 Å². The quantitative estimate of drug-likeness (QED) is 0.637. The molecule has 1 aliphatic rings. The van der Waals surface area contributed by atoms with E-state index in [1.165, 1.54) is 0 Å². The number of pyridine rings is 1. The first-order valence-corrected chi connectivity index (χ1v) is 8.38. The van der Waals surface area contributed by atoms with E-state index < -0.39 is 6.29 Å². The lowest BCUT2D eigenvalue weighted by molar-refractivity contribution is -0.0620. The Morgan fingerprint density at radius 1 is 1.00 bits per heavy atom. The fourth-order valence-corrected chi connectivity index (χ4v) is 2.90. The van der Waals surface area contributed by atoms with Crippen LogP contribution in [-0.2, 0) is 9.47 Å². The maximum atomic E-state index is 6.07. The number of hydrogen-bond donors (Lipinski definition) is 0. The van der Waals surface area contributed by atoms with Crippen LogP contribution in [0.4, 0.5) is 0 Å². The second-order valence-electron chi connectivity index (χ2n) is 5.66. The molecule has 0 unspecified atom stereocenters. The molecule has 4 nitrogen and oxygen atoms in total. The van der Waals surface area contributed by atoms with E-state index in [0.717, 1.165) is 11.1 Å². The largest absolute Gasteiger partial charge is 0.438 e. The van der Waals surface area contributed by atoms with E-state index in [-0.39, 0.29) is 6.10 Å². The summed E-state index contributed by atoms with van der Waals surface area (Å²) >= 11 is 6.02. The molecule has 2 atom stereocenters. The van der Waals surface area contributed by atoms with Gasteiger partial charge in [-0.25, -0.2) is 4.98 Å². The summed E-state index contributed by atoms with van der Waals surface area (Å²) in [7, 11) is 0. The molecule has 2 aromatic carbocycles. The van der Waals surface area contributed by atoms with Crippen LogP contribution in [0.2, 0.25) is 5.02 Å². The van der Waals surface area contributed by atoms with E-state index in [1.54, 1.807) is 18.3 Å². The number of rotatable bonds is 4. The summed E-state index contributed by atoms with van der Waals surface area (Å²) in [6.07, 6.45) is 1.05. The van der Waals surface area contributed by atoms with E-state index in [9.17, 15) is 0 Å². The third-order valence-electron chi connectivity index (χ3n) is 3.92. The number of ether oxygens (including phenoxy) is 3. The van der Waals surface area contributed by atoms with Gasteiger partial charge >= 0.3 is 0 Å². The Morgan fingerprint density at radius 3 is 2.72 bits per heavy atom. The topological polar surface area (TPSA) is 40.6 Å². The predicted molar refractivity (Wildman–Crippen MR) is 94.7 cm³/mol. The molecule has 1 fully saturated rings. The van der Waals surface area contributed by atoms with Gasteiger partial charge in [0.15, 0.2) is 6.29 Å². The van der Waals surface area contributed by atoms with Gasteiger partial charge < -0.3 is 14.2 Å². The molecule has 5 heteroatoms. The third-order valence-corrected chi connectivity index (χ3v) is 4.16. The minimum Gasteiger partial charge on any atom is -0.438 e. The van der Waals surface area contributed by atoms with Crippen molar-refractivity contribution in [2.24, 2.45) is 0 Å². The highest BCUT2D eigenvalue weighted by molar-refractivity contribution is 6.30. The summed E-state index contributed by atoms with van der Waals surface area (Å²) in [6, 6.07) is 20.9. The molecule has 2 heterocycles. The molecular weight excluding hydrogens is 338 g/mol. The smallest absolute Gasteiger partial charge is 0.227 e. The molecule has 25 heavy (non-hydrogen) atoms. The highest BCUT2D eigenvalue weighted by Gasteiger charge is 2.31. The lowest BCUT2D eigenvalue weighted by Gasteiger charge is -2.15. The van der Waals surface area contributed by atoms with E-state index >= 15 is 0 Å². The number of halogens is 1. The predicted octanol–water partition coefficient (Wildman–Crippen LogP) is 5.31. The second kappa shape index (κ2) is 7.23. The average Bonchev–Trinajstić information content (AvgIpc) is 3.13. The maximum Gasteiger partial charge on any atom is 0.227 e. The Hall–Kier alpha value is -2.40. The van der Waals surface area contributed by atoms with Gasteiger partial charge in [0.05, 0.1) is 12.2 Å². The molecule has 4 rings (SSSR count). The first kappa shape index (κ1) is 16.1. The number of hydrogen-bond acceptors (Lipinski definition) is 4. The summed E-state index contributed by atoms with van der Waals surface area (Å²) in [5, 5.41) is 0.604. The Morgan fingerprint density at radius 2 is 1.88 bits per heavy atom. The van der Waals surface area contributed by atoms with Gasteiger partial charge in [0.2, 0.25) is 5.88 Å². The molecule has 1 aliphatic heterocycles. The summed E-state index contributed by atoms with van der Waals surface area (Å²) in [5.74, 6) is 1.06. The fraction of sp³-hybridized carbons (Fsp3) is 0.150. The van der Waals surface area contributed by atoms with Crippen molar-refractivity contribution in [3.63, 3.8) is 0 Å². The summed E-state index contributed by atoms with van der Waals surface area (Å²) in [5.41, 5.74) is 1.84. The Balaban J connectivity index is 1.55. The second-order valence-corrected chi connectivity index (χ2v) is 6.09. The van der Waals surface area contributed by atoms with Crippen LogP contribution in [0.1, 0.15) is 23.5 Å². The summed E-state index contributed by atoms with van der Waals surface area (Å²) < 4.78 is 17.8. The van der Waals surface area contributed by atoms with Crippen molar-refractivity contribution in [2.45, 2.75) is 12.4 Å². The van der Waals surface area contributed by atoms with Gasteiger partial charge in [-0.3, -0.25) is 0 Å². The van der Waals surface area contributed by atoms with Crippen LogP contribution in [0.5, 0.6) is 11.6 Å². The lowest BCUT2D eigenvalue weighted by atomic mass is 10.1. The van der Waals surface area contributed by atoms with E-state index in [2.05, 4.69) is 4.98 Å². The van der Waals surface area contributed by atoms with Gasteiger partial charge in [0.25, 0.3) is 0 Å². The van der Waals surface area contributed by atoms with E-state index in [1.807, 2.05) is 54.6 Å². The molecule has 0 aliphatic carbocycles. The summed E-state index contributed by atoms with van der Waals surface area (Å²) in [6.45, 7) is 0.486. The standard InChI is InChI=1S/C20H16ClNO3/c21-15-8-4-9-16(12-15)24-19-17(10-5-11-22-19)20-23-13-18(25-20)14-6-2-1-3-7-14/h1-12,18,20H,13H2/t18-,20+/m1/s1. The molecule has 0 bridgehead atoms. The monoisotopic (exact) mass is 353 g/mol. The molecule has 0 radical (unpaired) electrons. The van der Waals surface area contributed by atoms with Gasteiger partial charge in [-0.15, -0.1) is 0 Å². The molecule has 0 N–H and O–H groups in total. The van der Waals surface area contributed by atoms with Crippen LogP contribution in [0.15, 0.2) is 72.9 Å². The zero-order valence-electron chi connectivity index (χ0n) is 13.3. The minimum absolute atomic E-state index is 0.106. The van der Waals surface area contributed by atoms with Crippen molar-refractivity contribution in [1.82, 2.24) is 4.98 Å². The van der Waals surface area contributed by atoms with E-state index in [0.29, 0.717) is 23.3 Å². The molecule has 3 aromatic rings. The third kappa shape index (κ3) is 3.66.